The van der Waals surface area contributed by atoms with Gasteiger partial charge in [0.05, 0.1) is 0 Å². The zero-order valence-electron chi connectivity index (χ0n) is 7.02. The Morgan fingerprint density at radius 2 is 2.00 bits per heavy atom. The molecular formula is C9H10ClNO. The number of nitrogens with two attached hydrogens (primary N) is 1. The first-order chi connectivity index (χ1) is 5.54. The molecule has 0 aliphatic heterocycles. The van der Waals surface area contributed by atoms with Crippen LogP contribution in [0.1, 0.15) is 21.5 Å². The predicted octanol–water partition coefficient (Wildman–Crippen LogP) is 2.26. The van der Waals surface area contributed by atoms with Gasteiger partial charge in [0.1, 0.15) is 0 Å². The molecule has 1 rings (SSSR count). The summed E-state index contributed by atoms with van der Waals surface area (Å²) in [7, 11) is 0. The van der Waals surface area contributed by atoms with Gasteiger partial charge in [0, 0.05) is 11.3 Å². The lowest BCUT2D eigenvalue weighted by atomic mass is 10.0. The van der Waals surface area contributed by atoms with Crippen LogP contribution in [0.4, 0.5) is 5.69 Å². The fraction of sp³-hybridized carbons (Fsp3) is 0.222. The first kappa shape index (κ1) is 9.07. The Balaban J connectivity index is 3.36. The Morgan fingerprint density at radius 3 is 2.50 bits per heavy atom. The van der Waals surface area contributed by atoms with Gasteiger partial charge < -0.3 is 5.73 Å². The Kier molecular flexibility index (Phi) is 2.38. The van der Waals surface area contributed by atoms with E-state index in [1.165, 1.54) is 0 Å². The van der Waals surface area contributed by atoms with Crippen LogP contribution in [0.25, 0.3) is 0 Å². The van der Waals surface area contributed by atoms with E-state index in [1.807, 2.05) is 6.92 Å². The van der Waals surface area contributed by atoms with Crippen molar-refractivity contribution in [2.45, 2.75) is 13.8 Å². The molecule has 12 heavy (non-hydrogen) atoms. The van der Waals surface area contributed by atoms with Gasteiger partial charge in [-0.2, -0.15) is 0 Å². The van der Waals surface area contributed by atoms with Crippen LogP contribution in [0, 0.1) is 13.8 Å². The Bertz CT molecular complexity index is 334. The number of halogens is 1. The minimum Gasteiger partial charge on any atom is -0.398 e. The molecule has 0 aliphatic carbocycles. The molecule has 0 saturated carbocycles. The molecule has 2 N–H and O–H groups in total. The van der Waals surface area contributed by atoms with Crippen molar-refractivity contribution < 1.29 is 4.79 Å². The van der Waals surface area contributed by atoms with Crippen molar-refractivity contribution in [3.05, 3.63) is 28.8 Å². The Morgan fingerprint density at radius 1 is 1.42 bits per heavy atom. The van der Waals surface area contributed by atoms with Gasteiger partial charge in [-0.15, -0.1) is 0 Å². The third-order valence-electron chi connectivity index (χ3n) is 1.94. The van der Waals surface area contributed by atoms with Crippen LogP contribution in [-0.4, -0.2) is 5.24 Å². The highest BCUT2D eigenvalue weighted by Crippen LogP contribution is 2.21. The topological polar surface area (TPSA) is 43.1 Å². The van der Waals surface area contributed by atoms with Crippen LogP contribution in [0.15, 0.2) is 12.1 Å². The third kappa shape index (κ3) is 1.43. The molecule has 1 aromatic carbocycles. The number of carbonyl (C=O) groups is 1. The second kappa shape index (κ2) is 3.15. The lowest BCUT2D eigenvalue weighted by molar-refractivity contribution is 0.108. The fourth-order valence-electron chi connectivity index (χ4n) is 1.08. The monoisotopic (exact) mass is 183 g/mol. The molecule has 0 atom stereocenters. The van der Waals surface area contributed by atoms with Crippen molar-refractivity contribution in [1.82, 2.24) is 0 Å². The molecule has 3 heteroatoms. The molecule has 0 aliphatic rings. The van der Waals surface area contributed by atoms with Gasteiger partial charge in [-0.05, 0) is 42.6 Å². The maximum absolute atomic E-state index is 10.8. The molecule has 0 aromatic heterocycles. The molecule has 0 saturated heterocycles. The maximum Gasteiger partial charge on any atom is 0.252 e. The van der Waals surface area contributed by atoms with Crippen molar-refractivity contribution in [1.29, 1.82) is 0 Å². The van der Waals surface area contributed by atoms with Crippen LogP contribution >= 0.6 is 11.6 Å². The number of hydrogen-bond acceptors (Lipinski definition) is 2. The minimum atomic E-state index is -0.459. The predicted molar refractivity (Wildman–Crippen MR) is 50.5 cm³/mol. The minimum absolute atomic E-state index is 0.459. The quantitative estimate of drug-likeness (QED) is 0.536. The normalized spacial score (nSPS) is 9.92. The van der Waals surface area contributed by atoms with E-state index in [9.17, 15) is 4.79 Å². The first-order valence-corrected chi connectivity index (χ1v) is 3.97. The smallest absolute Gasteiger partial charge is 0.252 e. The second-order valence-corrected chi connectivity index (χ2v) is 3.09. The molecule has 0 spiro atoms. The zero-order chi connectivity index (χ0) is 9.30. The average Bonchev–Trinajstić information content (AvgIpc) is 2.00. The van der Waals surface area contributed by atoms with Crippen molar-refractivity contribution in [2.24, 2.45) is 0 Å². The molecular weight excluding hydrogens is 174 g/mol. The van der Waals surface area contributed by atoms with E-state index in [0.29, 0.717) is 11.3 Å². The van der Waals surface area contributed by atoms with Crippen LogP contribution in [0.5, 0.6) is 0 Å². The molecule has 0 fully saturated rings. The summed E-state index contributed by atoms with van der Waals surface area (Å²) in [6.45, 7) is 3.68. The highest BCUT2D eigenvalue weighted by Gasteiger charge is 2.08. The van der Waals surface area contributed by atoms with E-state index in [2.05, 4.69) is 0 Å². The van der Waals surface area contributed by atoms with Gasteiger partial charge >= 0.3 is 0 Å². The van der Waals surface area contributed by atoms with E-state index < -0.39 is 5.24 Å². The molecule has 0 radical (unpaired) electrons. The number of anilines is 1. The van der Waals surface area contributed by atoms with Gasteiger partial charge in [-0.3, -0.25) is 4.79 Å². The summed E-state index contributed by atoms with van der Waals surface area (Å²) in [5.41, 5.74) is 8.56. The lowest BCUT2D eigenvalue weighted by Crippen LogP contribution is -2.00. The third-order valence-corrected chi connectivity index (χ3v) is 2.15. The number of rotatable bonds is 1. The fourth-order valence-corrected chi connectivity index (χ4v) is 1.28. The van der Waals surface area contributed by atoms with Crippen molar-refractivity contribution in [2.75, 3.05) is 5.73 Å². The van der Waals surface area contributed by atoms with Gasteiger partial charge in [-0.1, -0.05) is 6.07 Å². The van der Waals surface area contributed by atoms with E-state index in [0.717, 1.165) is 11.1 Å². The summed E-state index contributed by atoms with van der Waals surface area (Å²) in [6, 6.07) is 3.48. The summed E-state index contributed by atoms with van der Waals surface area (Å²) in [4.78, 5) is 10.8. The zero-order valence-corrected chi connectivity index (χ0v) is 7.77. The molecule has 0 bridgehead atoms. The molecule has 0 amide bonds. The van der Waals surface area contributed by atoms with Gasteiger partial charge in [0.2, 0.25) is 0 Å². The molecule has 2 nitrogen and oxygen atoms in total. The first-order valence-electron chi connectivity index (χ1n) is 3.59. The van der Waals surface area contributed by atoms with Gasteiger partial charge in [0.15, 0.2) is 0 Å². The highest BCUT2D eigenvalue weighted by molar-refractivity contribution is 6.68. The standard InChI is InChI=1S/C9H10ClNO/c1-5-3-4-7(9(10)12)6(2)8(5)11/h3-4H,11H2,1-2H3. The van der Waals surface area contributed by atoms with E-state index >= 15 is 0 Å². The molecule has 0 unspecified atom stereocenters. The van der Waals surface area contributed by atoms with E-state index in [4.69, 9.17) is 17.3 Å². The van der Waals surface area contributed by atoms with Crippen LogP contribution in [0.3, 0.4) is 0 Å². The summed E-state index contributed by atoms with van der Waals surface area (Å²) in [5.74, 6) is 0. The Hall–Kier alpha value is -1.02. The summed E-state index contributed by atoms with van der Waals surface area (Å²) in [6.07, 6.45) is 0. The highest BCUT2D eigenvalue weighted by atomic mass is 35.5. The SMILES string of the molecule is Cc1ccc(C(=O)Cl)c(C)c1N. The maximum atomic E-state index is 10.8. The number of carbonyl (C=O) groups excluding carboxylic acids is 1. The molecule has 0 heterocycles. The van der Waals surface area contributed by atoms with Gasteiger partial charge in [0.25, 0.3) is 5.24 Å². The van der Waals surface area contributed by atoms with Crippen molar-refractivity contribution >= 4 is 22.5 Å². The molecule has 1 aromatic rings. The van der Waals surface area contributed by atoms with Gasteiger partial charge in [-0.25, -0.2) is 0 Å². The van der Waals surface area contributed by atoms with Crippen molar-refractivity contribution in [3.8, 4) is 0 Å². The Labute approximate surface area is 76.3 Å². The molecule has 64 valence electrons. The summed E-state index contributed by atoms with van der Waals surface area (Å²) < 4.78 is 0. The van der Waals surface area contributed by atoms with Crippen molar-refractivity contribution in [3.63, 3.8) is 0 Å². The number of aryl methyl sites for hydroxylation is 1. The number of benzene rings is 1. The summed E-state index contributed by atoms with van der Waals surface area (Å²) in [5, 5.41) is -0.459. The number of nitrogen functional groups attached to an aromatic ring is 1. The van der Waals surface area contributed by atoms with Crippen LogP contribution in [0.2, 0.25) is 0 Å². The average molecular weight is 184 g/mol. The lowest BCUT2D eigenvalue weighted by Gasteiger charge is -2.06. The number of hydrogen-bond donors (Lipinski definition) is 1. The van der Waals surface area contributed by atoms with Crippen LogP contribution in [-0.2, 0) is 0 Å². The van der Waals surface area contributed by atoms with E-state index in [1.54, 1.807) is 19.1 Å². The second-order valence-electron chi connectivity index (χ2n) is 2.74. The summed E-state index contributed by atoms with van der Waals surface area (Å²) >= 11 is 5.34. The van der Waals surface area contributed by atoms with Crippen LogP contribution < -0.4 is 5.73 Å². The largest absolute Gasteiger partial charge is 0.398 e. The van der Waals surface area contributed by atoms with E-state index in [-0.39, 0.29) is 0 Å².